The summed E-state index contributed by atoms with van der Waals surface area (Å²) in [5.41, 5.74) is 0. The molecule has 0 spiro atoms. The number of thiophene rings is 1. The van der Waals surface area contributed by atoms with Crippen molar-refractivity contribution < 1.29 is 4.74 Å². The topological polar surface area (TPSA) is 59.1 Å². The molecule has 2 aromatic rings. The van der Waals surface area contributed by atoms with Crippen molar-refractivity contribution in [1.29, 1.82) is 0 Å². The lowest BCUT2D eigenvalue weighted by molar-refractivity contribution is 0.0870. The molecule has 0 amide bonds. The third-order valence-corrected chi connectivity index (χ3v) is 3.53. The summed E-state index contributed by atoms with van der Waals surface area (Å²) < 4.78 is 5.52. The van der Waals surface area contributed by atoms with E-state index in [0.29, 0.717) is 12.6 Å². The highest BCUT2D eigenvalue weighted by molar-refractivity contribution is 7.18. The molecule has 0 fully saturated rings. The van der Waals surface area contributed by atoms with E-state index >= 15 is 0 Å². The number of aryl methyl sites for hydroxylation is 1. The van der Waals surface area contributed by atoms with Gasteiger partial charge in [-0.15, -0.1) is 11.3 Å². The Morgan fingerprint density at radius 3 is 2.84 bits per heavy atom. The van der Waals surface area contributed by atoms with Crippen molar-refractivity contribution in [3.05, 3.63) is 10.9 Å². The standard InChI is InChI=1S/C13H20N4OS/c1-8(2)18-6-5-15-11-10-7-9(3)19-12(10)17-13(14-4)16-11/h7-8H,5-6H2,1-4H3,(H2,14,15,16,17). The van der Waals surface area contributed by atoms with Gasteiger partial charge in [0.25, 0.3) is 0 Å². The average molecular weight is 280 g/mol. The molecule has 0 radical (unpaired) electrons. The van der Waals surface area contributed by atoms with Gasteiger partial charge in [0, 0.05) is 18.5 Å². The van der Waals surface area contributed by atoms with E-state index in [9.17, 15) is 0 Å². The molecule has 0 bridgehead atoms. The predicted octanol–water partition coefficient (Wildman–Crippen LogP) is 2.88. The van der Waals surface area contributed by atoms with E-state index in [1.165, 1.54) is 4.88 Å². The molecule has 0 saturated heterocycles. The van der Waals surface area contributed by atoms with Crippen molar-refractivity contribution in [3.8, 4) is 0 Å². The Labute approximate surface area is 117 Å². The van der Waals surface area contributed by atoms with Gasteiger partial charge in [0.1, 0.15) is 10.6 Å². The molecule has 5 nitrogen and oxygen atoms in total. The van der Waals surface area contributed by atoms with Gasteiger partial charge in [-0.05, 0) is 26.8 Å². The third kappa shape index (κ3) is 3.54. The van der Waals surface area contributed by atoms with Crippen molar-refractivity contribution >= 4 is 33.3 Å². The van der Waals surface area contributed by atoms with E-state index in [4.69, 9.17) is 4.74 Å². The highest BCUT2D eigenvalue weighted by Gasteiger charge is 2.09. The van der Waals surface area contributed by atoms with Gasteiger partial charge >= 0.3 is 0 Å². The fraction of sp³-hybridized carbons (Fsp3) is 0.538. The normalized spacial score (nSPS) is 11.2. The molecule has 19 heavy (non-hydrogen) atoms. The van der Waals surface area contributed by atoms with Crippen LogP contribution < -0.4 is 10.6 Å². The molecule has 0 aliphatic carbocycles. The maximum Gasteiger partial charge on any atom is 0.225 e. The van der Waals surface area contributed by atoms with Gasteiger partial charge in [-0.3, -0.25) is 0 Å². The fourth-order valence-electron chi connectivity index (χ4n) is 1.75. The minimum atomic E-state index is 0.253. The summed E-state index contributed by atoms with van der Waals surface area (Å²) in [4.78, 5) is 11.2. The van der Waals surface area contributed by atoms with Crippen molar-refractivity contribution in [2.24, 2.45) is 0 Å². The Balaban J connectivity index is 2.15. The lowest BCUT2D eigenvalue weighted by atomic mass is 10.3. The number of anilines is 2. The van der Waals surface area contributed by atoms with Gasteiger partial charge in [0.15, 0.2) is 0 Å². The van der Waals surface area contributed by atoms with E-state index in [1.54, 1.807) is 11.3 Å². The zero-order valence-electron chi connectivity index (χ0n) is 11.8. The number of nitrogens with one attached hydrogen (secondary N) is 2. The van der Waals surface area contributed by atoms with Crippen LogP contribution >= 0.6 is 11.3 Å². The number of hydrogen-bond donors (Lipinski definition) is 2. The smallest absolute Gasteiger partial charge is 0.225 e. The number of nitrogens with zero attached hydrogens (tertiary/aromatic N) is 2. The van der Waals surface area contributed by atoms with E-state index in [-0.39, 0.29) is 6.10 Å². The molecule has 2 rings (SSSR count). The molecule has 6 heteroatoms. The van der Waals surface area contributed by atoms with Crippen LogP contribution in [0.1, 0.15) is 18.7 Å². The summed E-state index contributed by atoms with van der Waals surface area (Å²) in [6, 6.07) is 2.12. The second-order valence-corrected chi connectivity index (χ2v) is 5.80. The molecule has 2 N–H and O–H groups in total. The largest absolute Gasteiger partial charge is 0.377 e. The number of fused-ring (bicyclic) bond motifs is 1. The first kappa shape index (κ1) is 14.0. The van der Waals surface area contributed by atoms with Crippen molar-refractivity contribution in [2.45, 2.75) is 26.9 Å². The molecule has 104 valence electrons. The van der Waals surface area contributed by atoms with Crippen LogP contribution in [-0.4, -0.2) is 36.3 Å². The Bertz CT molecular complexity index is 553. The van der Waals surface area contributed by atoms with Crippen molar-refractivity contribution in [2.75, 3.05) is 30.8 Å². The minimum absolute atomic E-state index is 0.253. The first-order valence-electron chi connectivity index (χ1n) is 6.41. The molecule has 2 aromatic heterocycles. The van der Waals surface area contributed by atoms with Gasteiger partial charge in [0.05, 0.1) is 18.1 Å². The zero-order chi connectivity index (χ0) is 13.8. The molecular formula is C13H20N4OS. The van der Waals surface area contributed by atoms with E-state index in [1.807, 2.05) is 20.9 Å². The molecular weight excluding hydrogens is 260 g/mol. The molecule has 0 atom stereocenters. The van der Waals surface area contributed by atoms with Crippen molar-refractivity contribution in [1.82, 2.24) is 9.97 Å². The number of rotatable bonds is 6. The van der Waals surface area contributed by atoms with Crippen LogP contribution in [0.3, 0.4) is 0 Å². The van der Waals surface area contributed by atoms with Crippen LogP contribution in [0.4, 0.5) is 11.8 Å². The van der Waals surface area contributed by atoms with Gasteiger partial charge < -0.3 is 15.4 Å². The molecule has 0 aromatic carbocycles. The van der Waals surface area contributed by atoms with Gasteiger partial charge in [0.2, 0.25) is 5.95 Å². The van der Waals surface area contributed by atoms with Crippen LogP contribution in [-0.2, 0) is 4.74 Å². The molecule has 0 aliphatic heterocycles. The Morgan fingerprint density at radius 2 is 2.16 bits per heavy atom. The number of aromatic nitrogens is 2. The lowest BCUT2D eigenvalue weighted by Crippen LogP contribution is -2.14. The summed E-state index contributed by atoms with van der Waals surface area (Å²) in [6.07, 6.45) is 0.253. The summed E-state index contributed by atoms with van der Waals surface area (Å²) in [7, 11) is 1.83. The minimum Gasteiger partial charge on any atom is -0.377 e. The molecule has 0 saturated carbocycles. The fourth-order valence-corrected chi connectivity index (χ4v) is 2.63. The number of ether oxygens (including phenoxy) is 1. The maximum absolute atomic E-state index is 5.52. The van der Waals surface area contributed by atoms with E-state index in [2.05, 4.69) is 33.6 Å². The monoisotopic (exact) mass is 280 g/mol. The second kappa shape index (κ2) is 6.16. The summed E-state index contributed by atoms with van der Waals surface area (Å²) in [5, 5.41) is 7.39. The predicted molar refractivity (Wildman–Crippen MR) is 81.3 cm³/mol. The second-order valence-electron chi connectivity index (χ2n) is 4.57. The maximum atomic E-state index is 5.52. The SMILES string of the molecule is CNc1nc(NCCOC(C)C)c2cc(C)sc2n1. The number of hydrogen-bond acceptors (Lipinski definition) is 6. The highest BCUT2D eigenvalue weighted by Crippen LogP contribution is 2.29. The van der Waals surface area contributed by atoms with E-state index < -0.39 is 0 Å². The summed E-state index contributed by atoms with van der Waals surface area (Å²) in [5.74, 6) is 1.51. The molecule has 0 aliphatic rings. The third-order valence-electron chi connectivity index (χ3n) is 2.59. The van der Waals surface area contributed by atoms with Gasteiger partial charge in [-0.2, -0.15) is 4.98 Å². The van der Waals surface area contributed by atoms with Crippen LogP contribution in [0, 0.1) is 6.92 Å². The molecule has 0 unspecified atom stereocenters. The van der Waals surface area contributed by atoms with Crippen LogP contribution in [0.5, 0.6) is 0 Å². The first-order valence-corrected chi connectivity index (χ1v) is 7.23. The van der Waals surface area contributed by atoms with Crippen LogP contribution in [0.15, 0.2) is 6.07 Å². The summed E-state index contributed by atoms with van der Waals surface area (Å²) in [6.45, 7) is 7.55. The zero-order valence-corrected chi connectivity index (χ0v) is 12.6. The molecule has 2 heterocycles. The van der Waals surface area contributed by atoms with Crippen LogP contribution in [0.25, 0.3) is 10.2 Å². The average Bonchev–Trinajstić information content (AvgIpc) is 2.74. The lowest BCUT2D eigenvalue weighted by Gasteiger charge is -2.10. The first-order chi connectivity index (χ1) is 9.10. The highest BCUT2D eigenvalue weighted by atomic mass is 32.1. The Kier molecular flexibility index (Phi) is 4.55. The Morgan fingerprint density at radius 1 is 1.37 bits per heavy atom. The quantitative estimate of drug-likeness (QED) is 0.797. The van der Waals surface area contributed by atoms with Gasteiger partial charge in [-0.1, -0.05) is 0 Å². The van der Waals surface area contributed by atoms with Crippen LogP contribution in [0.2, 0.25) is 0 Å². The van der Waals surface area contributed by atoms with Crippen molar-refractivity contribution in [3.63, 3.8) is 0 Å². The van der Waals surface area contributed by atoms with E-state index in [0.717, 1.165) is 22.6 Å². The Hall–Kier alpha value is -1.40. The summed E-state index contributed by atoms with van der Waals surface area (Å²) >= 11 is 1.68. The van der Waals surface area contributed by atoms with Gasteiger partial charge in [-0.25, -0.2) is 4.98 Å².